The van der Waals surface area contributed by atoms with Crippen LogP contribution in [0.25, 0.3) is 5.65 Å². The molecule has 2 aromatic heterocycles. The number of rotatable bonds is 6. The second-order valence-corrected chi connectivity index (χ2v) is 7.47. The van der Waals surface area contributed by atoms with Crippen LogP contribution in [-0.4, -0.2) is 33.4 Å². The first kappa shape index (κ1) is 20.5. The van der Waals surface area contributed by atoms with Crippen molar-refractivity contribution >= 4 is 17.3 Å². The van der Waals surface area contributed by atoms with Gasteiger partial charge in [0, 0.05) is 12.7 Å². The average molecular weight is 394 g/mol. The van der Waals surface area contributed by atoms with Crippen molar-refractivity contribution in [3.8, 4) is 5.75 Å². The lowest BCUT2D eigenvalue weighted by Crippen LogP contribution is -2.23. The van der Waals surface area contributed by atoms with Crippen molar-refractivity contribution in [2.75, 3.05) is 7.11 Å². The van der Waals surface area contributed by atoms with Gasteiger partial charge in [0.15, 0.2) is 11.4 Å². The molecule has 7 heteroatoms. The van der Waals surface area contributed by atoms with Crippen LogP contribution < -0.4 is 10.1 Å². The van der Waals surface area contributed by atoms with E-state index in [4.69, 9.17) is 4.74 Å². The summed E-state index contributed by atoms with van der Waals surface area (Å²) in [5, 5.41) is 7.19. The Morgan fingerprint density at radius 1 is 1.17 bits per heavy atom. The molecule has 3 aromatic rings. The van der Waals surface area contributed by atoms with Crippen molar-refractivity contribution in [1.82, 2.24) is 19.9 Å². The SMILES string of the molecule is COc1cc(C)c(CNC(=O)c2cnn3c(C)c(C(C)=O)cnc23)cc1C(C)C. The Morgan fingerprint density at radius 2 is 1.90 bits per heavy atom. The van der Waals surface area contributed by atoms with Gasteiger partial charge in [-0.2, -0.15) is 5.10 Å². The lowest BCUT2D eigenvalue weighted by molar-refractivity contribution is 0.0951. The number of nitrogens with zero attached hydrogens (tertiary/aromatic N) is 3. The molecule has 152 valence electrons. The number of carbonyl (C=O) groups excluding carboxylic acids is 2. The third-order valence-electron chi connectivity index (χ3n) is 5.14. The zero-order valence-electron chi connectivity index (χ0n) is 17.7. The number of carbonyl (C=O) groups is 2. The summed E-state index contributed by atoms with van der Waals surface area (Å²) in [6.45, 7) is 9.87. The number of methoxy groups -OCH3 is 1. The first-order valence-corrected chi connectivity index (χ1v) is 9.54. The van der Waals surface area contributed by atoms with Crippen molar-refractivity contribution in [3.05, 3.63) is 58.0 Å². The minimum atomic E-state index is -0.260. The third-order valence-corrected chi connectivity index (χ3v) is 5.14. The van der Waals surface area contributed by atoms with Gasteiger partial charge in [0.25, 0.3) is 5.91 Å². The molecule has 7 nitrogen and oxygen atoms in total. The lowest BCUT2D eigenvalue weighted by Gasteiger charge is -2.16. The van der Waals surface area contributed by atoms with E-state index in [0.29, 0.717) is 34.9 Å². The summed E-state index contributed by atoms with van der Waals surface area (Å²) in [6, 6.07) is 4.08. The van der Waals surface area contributed by atoms with E-state index in [1.165, 1.54) is 23.8 Å². The molecule has 1 N–H and O–H groups in total. The van der Waals surface area contributed by atoms with Crippen LogP contribution >= 0.6 is 0 Å². The van der Waals surface area contributed by atoms with E-state index < -0.39 is 0 Å². The van der Waals surface area contributed by atoms with E-state index in [2.05, 4.69) is 35.3 Å². The monoisotopic (exact) mass is 394 g/mol. The van der Waals surface area contributed by atoms with Gasteiger partial charge >= 0.3 is 0 Å². The lowest BCUT2D eigenvalue weighted by atomic mass is 9.96. The topological polar surface area (TPSA) is 85.6 Å². The molecule has 2 heterocycles. The largest absolute Gasteiger partial charge is 0.496 e. The van der Waals surface area contributed by atoms with Gasteiger partial charge in [-0.05, 0) is 55.5 Å². The zero-order chi connectivity index (χ0) is 21.3. The minimum absolute atomic E-state index is 0.0886. The van der Waals surface area contributed by atoms with Crippen LogP contribution in [0.2, 0.25) is 0 Å². The van der Waals surface area contributed by atoms with Gasteiger partial charge in [0.1, 0.15) is 11.3 Å². The maximum atomic E-state index is 12.8. The third kappa shape index (κ3) is 3.85. The molecular formula is C22H26N4O3. The summed E-state index contributed by atoms with van der Waals surface area (Å²) in [4.78, 5) is 28.8. The molecule has 0 aliphatic carbocycles. The predicted molar refractivity (Wildman–Crippen MR) is 111 cm³/mol. The van der Waals surface area contributed by atoms with Gasteiger partial charge < -0.3 is 10.1 Å². The first-order chi connectivity index (χ1) is 13.7. The van der Waals surface area contributed by atoms with Crippen LogP contribution in [-0.2, 0) is 6.54 Å². The summed E-state index contributed by atoms with van der Waals surface area (Å²) < 4.78 is 7.01. The van der Waals surface area contributed by atoms with Crippen LogP contribution in [0.5, 0.6) is 5.75 Å². The van der Waals surface area contributed by atoms with Crippen molar-refractivity contribution in [2.24, 2.45) is 0 Å². The number of fused-ring (bicyclic) bond motifs is 1. The van der Waals surface area contributed by atoms with Crippen molar-refractivity contribution in [3.63, 3.8) is 0 Å². The molecule has 0 bridgehead atoms. The van der Waals surface area contributed by atoms with E-state index in [1.54, 1.807) is 14.0 Å². The Bertz CT molecular complexity index is 1100. The Kier molecular flexibility index (Phi) is 5.68. The summed E-state index contributed by atoms with van der Waals surface area (Å²) >= 11 is 0. The molecule has 0 aliphatic heterocycles. The van der Waals surface area contributed by atoms with Crippen molar-refractivity contribution in [1.29, 1.82) is 0 Å². The van der Waals surface area contributed by atoms with E-state index in [9.17, 15) is 9.59 Å². The molecule has 0 unspecified atom stereocenters. The van der Waals surface area contributed by atoms with Crippen LogP contribution in [0, 0.1) is 13.8 Å². The predicted octanol–water partition coefficient (Wildman–Crippen LogP) is 3.61. The Hall–Kier alpha value is -3.22. The zero-order valence-corrected chi connectivity index (χ0v) is 17.7. The quantitative estimate of drug-likeness (QED) is 0.646. The fourth-order valence-corrected chi connectivity index (χ4v) is 3.39. The van der Waals surface area contributed by atoms with Gasteiger partial charge in [0.2, 0.25) is 0 Å². The molecule has 0 saturated carbocycles. The highest BCUT2D eigenvalue weighted by Crippen LogP contribution is 2.29. The molecule has 0 aliphatic rings. The molecular weight excluding hydrogens is 368 g/mol. The van der Waals surface area contributed by atoms with Gasteiger partial charge in [0.05, 0.1) is 24.6 Å². The number of hydrogen-bond acceptors (Lipinski definition) is 5. The molecule has 1 aromatic carbocycles. The van der Waals surface area contributed by atoms with Crippen molar-refractivity contribution < 1.29 is 14.3 Å². The number of ether oxygens (including phenoxy) is 1. The van der Waals surface area contributed by atoms with E-state index in [0.717, 1.165) is 22.4 Å². The highest BCUT2D eigenvalue weighted by molar-refractivity contribution is 6.00. The number of ketones is 1. The van der Waals surface area contributed by atoms with Crippen molar-refractivity contribution in [2.45, 2.75) is 47.1 Å². The van der Waals surface area contributed by atoms with Gasteiger partial charge in [-0.1, -0.05) is 13.8 Å². The number of aryl methyl sites for hydroxylation is 2. The Morgan fingerprint density at radius 3 is 2.52 bits per heavy atom. The molecule has 0 radical (unpaired) electrons. The molecule has 0 spiro atoms. The smallest absolute Gasteiger partial charge is 0.257 e. The molecule has 3 rings (SSSR count). The standard InChI is InChI=1S/C22H26N4O3/c1-12(2)17-8-16(13(3)7-20(17)29-6)9-24-22(28)19-11-25-26-14(4)18(15(5)27)10-23-21(19)26/h7-8,10-12H,9H2,1-6H3,(H,24,28). The van der Waals surface area contributed by atoms with Crippen LogP contribution in [0.15, 0.2) is 24.5 Å². The maximum absolute atomic E-state index is 12.8. The number of benzene rings is 1. The highest BCUT2D eigenvalue weighted by Gasteiger charge is 2.18. The number of aromatic nitrogens is 3. The summed E-state index contributed by atoms with van der Waals surface area (Å²) in [5.41, 5.74) is 5.13. The summed E-state index contributed by atoms with van der Waals surface area (Å²) in [7, 11) is 1.67. The maximum Gasteiger partial charge on any atom is 0.257 e. The second kappa shape index (κ2) is 8.03. The molecule has 1 amide bonds. The molecule has 29 heavy (non-hydrogen) atoms. The van der Waals surface area contributed by atoms with Gasteiger partial charge in [-0.3, -0.25) is 9.59 Å². The fourth-order valence-electron chi connectivity index (χ4n) is 3.39. The number of hydrogen-bond donors (Lipinski definition) is 1. The summed E-state index contributed by atoms with van der Waals surface area (Å²) in [6.07, 6.45) is 2.98. The normalized spacial score (nSPS) is 11.1. The van der Waals surface area contributed by atoms with Crippen LogP contribution in [0.3, 0.4) is 0 Å². The van der Waals surface area contributed by atoms with E-state index in [-0.39, 0.29) is 11.7 Å². The number of amides is 1. The van der Waals surface area contributed by atoms with Gasteiger partial charge in [-0.25, -0.2) is 9.50 Å². The first-order valence-electron chi connectivity index (χ1n) is 9.54. The minimum Gasteiger partial charge on any atom is -0.496 e. The number of Topliss-reactive ketones (excluding diaryl/α,β-unsaturated/α-hetero) is 1. The van der Waals surface area contributed by atoms with Crippen LogP contribution in [0.4, 0.5) is 0 Å². The summed E-state index contributed by atoms with van der Waals surface area (Å²) in [5.74, 6) is 0.816. The van der Waals surface area contributed by atoms with Gasteiger partial charge in [-0.15, -0.1) is 0 Å². The van der Waals surface area contributed by atoms with E-state index in [1.807, 2.05) is 13.0 Å². The molecule has 0 atom stereocenters. The van der Waals surface area contributed by atoms with E-state index >= 15 is 0 Å². The number of nitrogens with one attached hydrogen (secondary N) is 1. The Balaban J connectivity index is 1.86. The molecule has 0 fully saturated rings. The highest BCUT2D eigenvalue weighted by atomic mass is 16.5. The molecule has 0 saturated heterocycles. The second-order valence-electron chi connectivity index (χ2n) is 7.47. The fraction of sp³-hybridized carbons (Fsp3) is 0.364. The van der Waals surface area contributed by atoms with Crippen LogP contribution in [0.1, 0.15) is 69.8 Å². The average Bonchev–Trinajstić information content (AvgIpc) is 3.11. The Labute approximate surface area is 170 Å².